The molecule has 0 radical (unpaired) electrons. The van der Waals surface area contributed by atoms with Crippen molar-refractivity contribution >= 4 is 11.6 Å². The average molecular weight is 619 g/mol. The number of nitrogens with one attached hydrogen (secondary N) is 2. The van der Waals surface area contributed by atoms with Crippen LogP contribution in [-0.4, -0.2) is 129 Å². The van der Waals surface area contributed by atoms with Crippen LogP contribution in [-0.2, 0) is 13.1 Å². The van der Waals surface area contributed by atoms with E-state index in [0.717, 1.165) is 50.1 Å². The lowest BCUT2D eigenvalue weighted by Crippen LogP contribution is -2.40. The molecule has 8 N–H and O–H groups in total. The van der Waals surface area contributed by atoms with Gasteiger partial charge in [0.25, 0.3) is 17.6 Å². The molecule has 13 heteroatoms. The van der Waals surface area contributed by atoms with Gasteiger partial charge in [-0.05, 0) is 70.1 Å². The largest absolute Gasteiger partial charge is 0.507 e. The standard InChI is InChI=1S/C31H47N5O8/c1-21-11-23(29(41)27(13-21)31(43)33-25(17-37)18-38)15-34-7-3-5-32-6-4-8-35(10-9-34)16-24-12-22(2)14-28(30(24)42)36(44)26(19-39)20-40/h11-14,25-26,32,37-40H,3-10,15-20H2,1-2H3,(H2-,33,41,42,43,44)/p+1. The third-order valence-corrected chi connectivity index (χ3v) is 7.83. The van der Waals surface area contributed by atoms with Gasteiger partial charge in [0, 0.05) is 53.0 Å². The number of phenols is 2. The van der Waals surface area contributed by atoms with Crippen LogP contribution >= 0.6 is 0 Å². The molecule has 0 bridgehead atoms. The molecule has 13 nitrogen and oxygen atoms in total. The number of aliphatic hydroxyl groups excluding tert-OH is 4. The van der Waals surface area contributed by atoms with Crippen LogP contribution in [0.25, 0.3) is 0 Å². The molecule has 1 heterocycles. The minimum absolute atomic E-state index is 0.00770. The first-order chi connectivity index (χ1) is 21.1. The van der Waals surface area contributed by atoms with Gasteiger partial charge in [0.2, 0.25) is 0 Å². The average Bonchev–Trinajstić information content (AvgIpc) is 3.05. The third kappa shape index (κ3) is 9.66. The van der Waals surface area contributed by atoms with Gasteiger partial charge < -0.3 is 41.3 Å². The smallest absolute Gasteiger partial charge is 0.298 e. The van der Waals surface area contributed by atoms with Crippen molar-refractivity contribution in [3.05, 3.63) is 57.0 Å². The van der Waals surface area contributed by atoms with Gasteiger partial charge in [0.15, 0.2) is 5.75 Å². The van der Waals surface area contributed by atoms with Crippen LogP contribution in [0.4, 0.5) is 5.69 Å². The van der Waals surface area contributed by atoms with E-state index in [-0.39, 0.29) is 22.7 Å². The highest BCUT2D eigenvalue weighted by Gasteiger charge is 2.31. The number of aliphatic hydroxyl groups is 4. The number of hydrogen-bond acceptors (Lipinski definition) is 11. The Kier molecular flexibility index (Phi) is 13.9. The molecule has 44 heavy (non-hydrogen) atoms. The Hall–Kier alpha value is -3.17. The van der Waals surface area contributed by atoms with Crippen molar-refractivity contribution in [2.45, 2.75) is 51.9 Å². The van der Waals surface area contributed by atoms with Gasteiger partial charge in [0.05, 0.1) is 24.8 Å². The molecule has 0 aliphatic carbocycles. The maximum Gasteiger partial charge on any atom is 0.298 e. The number of rotatable bonds is 12. The predicted molar refractivity (Wildman–Crippen MR) is 165 cm³/mol. The highest BCUT2D eigenvalue weighted by Crippen LogP contribution is 2.33. The second kappa shape index (κ2) is 17.4. The van der Waals surface area contributed by atoms with Gasteiger partial charge in [-0.1, -0.05) is 12.1 Å². The number of nitrogens with zero attached hydrogens (tertiary/aromatic N) is 3. The first kappa shape index (κ1) is 35.3. The number of nitroso groups, excluding NO2 is 1. The summed E-state index contributed by atoms with van der Waals surface area (Å²) in [5.74, 6) is -0.899. The van der Waals surface area contributed by atoms with Crippen molar-refractivity contribution < 1.29 is 40.2 Å². The van der Waals surface area contributed by atoms with Crippen LogP contribution in [0.5, 0.6) is 11.5 Å². The maximum absolute atomic E-state index is 12.8. The van der Waals surface area contributed by atoms with Crippen LogP contribution in [0.2, 0.25) is 0 Å². The molecule has 1 aliphatic rings. The van der Waals surface area contributed by atoms with Gasteiger partial charge in [-0.3, -0.25) is 14.6 Å². The molecule has 0 spiro atoms. The van der Waals surface area contributed by atoms with E-state index in [1.54, 1.807) is 12.1 Å². The van der Waals surface area contributed by atoms with Crippen molar-refractivity contribution in [3.8, 4) is 11.5 Å². The summed E-state index contributed by atoms with van der Waals surface area (Å²) in [6.07, 6.45) is 1.76. The molecule has 3 rings (SSSR count). The Morgan fingerprint density at radius 1 is 0.818 bits per heavy atom. The van der Waals surface area contributed by atoms with E-state index in [1.165, 1.54) is 0 Å². The van der Waals surface area contributed by atoms with E-state index >= 15 is 0 Å². The summed E-state index contributed by atoms with van der Waals surface area (Å²) >= 11 is 0. The SMILES string of the molecule is Cc1cc(CN2CCCNCCCN(Cc3cc(C)cc([N+](=O)C(CO)CO)c3O)CC2)c(O)c(C(=O)NC(CO)CO)c1. The number of carbonyl (C=O) groups is 1. The molecular formula is C31H48N5O8+. The number of amides is 1. The van der Waals surface area contributed by atoms with Crippen LogP contribution in [0.1, 0.15) is 45.5 Å². The zero-order chi connectivity index (χ0) is 32.2. The summed E-state index contributed by atoms with van der Waals surface area (Å²) in [6, 6.07) is 4.88. The molecule has 0 aromatic heterocycles. The second-order valence-corrected chi connectivity index (χ2v) is 11.5. The quantitative estimate of drug-likeness (QED) is 0.152. The fourth-order valence-corrected chi connectivity index (χ4v) is 5.37. The monoisotopic (exact) mass is 618 g/mol. The summed E-state index contributed by atoms with van der Waals surface area (Å²) in [5, 5.41) is 65.8. The molecule has 2 aromatic rings. The number of aromatic hydroxyl groups is 2. The molecule has 2 aromatic carbocycles. The Morgan fingerprint density at radius 3 is 1.86 bits per heavy atom. The molecule has 0 unspecified atom stereocenters. The topological polar surface area (TPSA) is 189 Å². The molecular weight excluding hydrogens is 570 g/mol. The number of phenolic OH excluding ortho intramolecular Hbond substituents is 2. The van der Waals surface area contributed by atoms with Gasteiger partial charge >= 0.3 is 0 Å². The lowest BCUT2D eigenvalue weighted by molar-refractivity contribution is -0.514. The zero-order valence-corrected chi connectivity index (χ0v) is 25.7. The minimum atomic E-state index is -1.08. The van der Waals surface area contributed by atoms with Crippen LogP contribution in [0.3, 0.4) is 0 Å². The highest BCUT2D eigenvalue weighted by molar-refractivity contribution is 5.97. The predicted octanol–water partition coefficient (Wildman–Crippen LogP) is 0.249. The summed E-state index contributed by atoms with van der Waals surface area (Å²) in [4.78, 5) is 30.0. The van der Waals surface area contributed by atoms with Crippen molar-refractivity contribution in [1.29, 1.82) is 0 Å². The Bertz CT molecular complexity index is 1250. The van der Waals surface area contributed by atoms with Crippen molar-refractivity contribution in [1.82, 2.24) is 20.4 Å². The fraction of sp³-hybridized carbons (Fsp3) is 0.581. The van der Waals surface area contributed by atoms with Gasteiger partial charge in [-0.2, -0.15) is 0 Å². The van der Waals surface area contributed by atoms with E-state index in [1.807, 2.05) is 26.0 Å². The van der Waals surface area contributed by atoms with Gasteiger partial charge in [-0.15, -0.1) is 0 Å². The van der Waals surface area contributed by atoms with E-state index in [9.17, 15) is 40.3 Å². The first-order valence-corrected chi connectivity index (χ1v) is 15.1. The molecule has 1 saturated heterocycles. The summed E-state index contributed by atoms with van der Waals surface area (Å²) in [5.41, 5.74) is 2.80. The number of hydrogen-bond donors (Lipinski definition) is 8. The lowest BCUT2D eigenvalue weighted by Gasteiger charge is -2.28. The van der Waals surface area contributed by atoms with E-state index in [2.05, 4.69) is 20.4 Å². The highest BCUT2D eigenvalue weighted by atomic mass is 16.3. The molecule has 1 amide bonds. The fourth-order valence-electron chi connectivity index (χ4n) is 5.37. The van der Waals surface area contributed by atoms with E-state index < -0.39 is 44.4 Å². The second-order valence-electron chi connectivity index (χ2n) is 11.5. The van der Waals surface area contributed by atoms with Crippen molar-refractivity contribution in [2.75, 3.05) is 65.7 Å². The normalized spacial score (nSPS) is 15.8. The van der Waals surface area contributed by atoms with Crippen molar-refractivity contribution in [2.24, 2.45) is 0 Å². The van der Waals surface area contributed by atoms with Crippen LogP contribution < -0.4 is 10.6 Å². The molecule has 0 atom stereocenters. The lowest BCUT2D eigenvalue weighted by atomic mass is 10.0. The van der Waals surface area contributed by atoms with Crippen molar-refractivity contribution in [3.63, 3.8) is 0 Å². The molecule has 244 valence electrons. The van der Waals surface area contributed by atoms with Gasteiger partial charge in [0.1, 0.15) is 19.0 Å². The molecule has 0 saturated carbocycles. The zero-order valence-electron chi connectivity index (χ0n) is 25.7. The third-order valence-electron chi connectivity index (χ3n) is 7.83. The first-order valence-electron chi connectivity index (χ1n) is 15.1. The summed E-state index contributed by atoms with van der Waals surface area (Å²) < 4.78 is 0.459. The van der Waals surface area contributed by atoms with E-state index in [4.69, 9.17) is 0 Å². The Labute approximate surface area is 258 Å². The van der Waals surface area contributed by atoms with Crippen LogP contribution in [0.15, 0.2) is 24.3 Å². The van der Waals surface area contributed by atoms with E-state index in [0.29, 0.717) is 42.1 Å². The molecule has 1 fully saturated rings. The summed E-state index contributed by atoms with van der Waals surface area (Å²) in [7, 11) is 0. The summed E-state index contributed by atoms with van der Waals surface area (Å²) in [6.45, 7) is 6.86. The number of benzene rings is 2. The Balaban J connectivity index is 1.81. The maximum atomic E-state index is 12.8. The van der Waals surface area contributed by atoms with Crippen LogP contribution in [0, 0.1) is 18.8 Å². The number of aryl methyl sites for hydroxylation is 2. The minimum Gasteiger partial charge on any atom is -0.507 e. The Morgan fingerprint density at radius 2 is 1.34 bits per heavy atom. The number of carbonyl (C=O) groups excluding carboxylic acids is 1. The molecule has 1 aliphatic heterocycles. The van der Waals surface area contributed by atoms with Gasteiger partial charge in [-0.25, -0.2) is 0 Å².